The largest absolute Gasteiger partial charge is 0.416 e. The SMILES string of the molecule is C=C(c1ccccc1Br)C(F)(F)F. The topological polar surface area (TPSA) is 0 Å². The third kappa shape index (κ3) is 2.34. The molecule has 0 bridgehead atoms. The number of hydrogen-bond acceptors (Lipinski definition) is 0. The molecule has 0 aliphatic heterocycles. The second-order valence-corrected chi connectivity index (χ2v) is 3.31. The van der Waals surface area contributed by atoms with E-state index in [4.69, 9.17) is 0 Å². The summed E-state index contributed by atoms with van der Waals surface area (Å²) in [4.78, 5) is 0. The Hall–Kier alpha value is -0.770. The molecule has 0 saturated heterocycles. The first kappa shape index (κ1) is 10.3. The Morgan fingerprint density at radius 1 is 1.23 bits per heavy atom. The van der Waals surface area contributed by atoms with E-state index >= 15 is 0 Å². The van der Waals surface area contributed by atoms with Gasteiger partial charge in [0.2, 0.25) is 0 Å². The van der Waals surface area contributed by atoms with Gasteiger partial charge in [0.15, 0.2) is 0 Å². The third-order valence-electron chi connectivity index (χ3n) is 1.54. The Kier molecular flexibility index (Phi) is 2.81. The van der Waals surface area contributed by atoms with Gasteiger partial charge in [-0.1, -0.05) is 40.7 Å². The lowest BCUT2D eigenvalue weighted by Gasteiger charge is -2.11. The summed E-state index contributed by atoms with van der Waals surface area (Å²) in [6, 6.07) is 6.11. The van der Waals surface area contributed by atoms with Crippen molar-refractivity contribution in [2.75, 3.05) is 0 Å². The van der Waals surface area contributed by atoms with Gasteiger partial charge in [0.05, 0.1) is 5.57 Å². The van der Waals surface area contributed by atoms with E-state index < -0.39 is 11.7 Å². The molecule has 1 rings (SSSR count). The Morgan fingerprint density at radius 3 is 2.23 bits per heavy atom. The van der Waals surface area contributed by atoms with E-state index in [0.29, 0.717) is 4.47 Å². The fourth-order valence-corrected chi connectivity index (χ4v) is 1.38. The zero-order chi connectivity index (χ0) is 10.1. The van der Waals surface area contributed by atoms with Crippen LogP contribution in [0, 0.1) is 0 Å². The summed E-state index contributed by atoms with van der Waals surface area (Å²) in [5, 5.41) is 0. The van der Waals surface area contributed by atoms with E-state index in [2.05, 4.69) is 22.5 Å². The van der Waals surface area contributed by atoms with Crippen molar-refractivity contribution in [1.82, 2.24) is 0 Å². The molecule has 1 aromatic carbocycles. The Morgan fingerprint density at radius 2 is 1.77 bits per heavy atom. The van der Waals surface area contributed by atoms with Crippen molar-refractivity contribution in [3.63, 3.8) is 0 Å². The highest BCUT2D eigenvalue weighted by Gasteiger charge is 2.33. The summed E-state index contributed by atoms with van der Waals surface area (Å²) in [7, 11) is 0. The molecule has 0 aromatic heterocycles. The molecule has 0 heterocycles. The molecule has 0 fully saturated rings. The summed E-state index contributed by atoms with van der Waals surface area (Å²) in [6.07, 6.45) is -4.37. The summed E-state index contributed by atoms with van der Waals surface area (Å²) in [5.41, 5.74) is -0.755. The molecule has 1 aromatic rings. The molecule has 70 valence electrons. The first-order chi connectivity index (χ1) is 5.93. The van der Waals surface area contributed by atoms with Gasteiger partial charge < -0.3 is 0 Å². The van der Waals surface area contributed by atoms with Crippen LogP contribution in [-0.4, -0.2) is 6.18 Å². The molecule has 0 saturated carbocycles. The molecular formula is C9H6BrF3. The Bertz CT molecular complexity index is 328. The molecule has 0 nitrogen and oxygen atoms in total. The first-order valence-corrected chi connectivity index (χ1v) is 4.23. The molecule has 0 spiro atoms. The van der Waals surface area contributed by atoms with Crippen LogP contribution in [0.2, 0.25) is 0 Å². The Labute approximate surface area is 82.2 Å². The van der Waals surface area contributed by atoms with Gasteiger partial charge in [0, 0.05) is 10.0 Å². The van der Waals surface area contributed by atoms with E-state index in [0.717, 1.165) is 0 Å². The molecule has 0 aliphatic carbocycles. The standard InChI is InChI=1S/C9H6BrF3/c1-6(9(11,12)13)7-4-2-3-5-8(7)10/h2-5H,1H2. The molecule has 0 unspecified atom stereocenters. The zero-order valence-electron chi connectivity index (χ0n) is 6.53. The molecular weight excluding hydrogens is 245 g/mol. The highest BCUT2D eigenvalue weighted by molar-refractivity contribution is 9.10. The van der Waals surface area contributed by atoms with Gasteiger partial charge in [0.25, 0.3) is 0 Å². The van der Waals surface area contributed by atoms with Crippen molar-refractivity contribution in [3.05, 3.63) is 40.9 Å². The fraction of sp³-hybridized carbons (Fsp3) is 0.111. The van der Waals surface area contributed by atoms with E-state index in [1.807, 2.05) is 0 Å². The van der Waals surface area contributed by atoms with Gasteiger partial charge in [-0.2, -0.15) is 13.2 Å². The molecule has 4 heteroatoms. The van der Waals surface area contributed by atoms with Crippen LogP contribution in [-0.2, 0) is 0 Å². The monoisotopic (exact) mass is 250 g/mol. The minimum atomic E-state index is -4.37. The van der Waals surface area contributed by atoms with Crippen molar-refractivity contribution in [2.24, 2.45) is 0 Å². The number of hydrogen-bond donors (Lipinski definition) is 0. The van der Waals surface area contributed by atoms with Crippen LogP contribution in [0.5, 0.6) is 0 Å². The molecule has 0 amide bonds. The van der Waals surface area contributed by atoms with Crippen LogP contribution >= 0.6 is 15.9 Å². The van der Waals surface area contributed by atoms with Crippen LogP contribution in [0.25, 0.3) is 5.57 Å². The minimum absolute atomic E-state index is 0.0787. The maximum Gasteiger partial charge on any atom is 0.416 e. The molecule has 0 N–H and O–H groups in total. The van der Waals surface area contributed by atoms with Gasteiger partial charge in [-0.05, 0) is 6.07 Å². The van der Waals surface area contributed by atoms with Gasteiger partial charge in [0.1, 0.15) is 0 Å². The smallest absolute Gasteiger partial charge is 0.166 e. The second-order valence-electron chi connectivity index (χ2n) is 2.46. The van der Waals surface area contributed by atoms with Crippen molar-refractivity contribution in [1.29, 1.82) is 0 Å². The number of rotatable bonds is 1. The van der Waals surface area contributed by atoms with Crippen LogP contribution < -0.4 is 0 Å². The van der Waals surface area contributed by atoms with Crippen LogP contribution in [0.3, 0.4) is 0 Å². The normalized spacial score (nSPS) is 11.4. The predicted octanol–water partition coefficient (Wildman–Crippen LogP) is 4.02. The second kappa shape index (κ2) is 3.54. The van der Waals surface area contributed by atoms with Crippen molar-refractivity contribution >= 4 is 21.5 Å². The average Bonchev–Trinajstić information content (AvgIpc) is 2.02. The van der Waals surface area contributed by atoms with Gasteiger partial charge >= 0.3 is 6.18 Å². The number of allylic oxidation sites excluding steroid dienone is 1. The average molecular weight is 251 g/mol. The van der Waals surface area contributed by atoms with E-state index in [1.54, 1.807) is 12.1 Å². The zero-order valence-corrected chi connectivity index (χ0v) is 8.11. The third-order valence-corrected chi connectivity index (χ3v) is 2.23. The maximum absolute atomic E-state index is 12.2. The van der Waals surface area contributed by atoms with Crippen LogP contribution in [0.4, 0.5) is 13.2 Å². The quantitative estimate of drug-likeness (QED) is 0.706. The lowest BCUT2D eigenvalue weighted by Crippen LogP contribution is -2.09. The summed E-state index contributed by atoms with van der Waals surface area (Å²) in [6.45, 7) is 3.00. The fourth-order valence-electron chi connectivity index (χ4n) is 0.859. The summed E-state index contributed by atoms with van der Waals surface area (Å²) in [5.74, 6) is 0. The predicted molar refractivity (Wildman–Crippen MR) is 49.2 cm³/mol. The minimum Gasteiger partial charge on any atom is -0.166 e. The van der Waals surface area contributed by atoms with Crippen molar-refractivity contribution in [2.45, 2.75) is 6.18 Å². The number of halogens is 4. The molecule has 0 aliphatic rings. The number of benzene rings is 1. The highest BCUT2D eigenvalue weighted by Crippen LogP contribution is 2.35. The Balaban J connectivity index is 3.10. The molecule has 13 heavy (non-hydrogen) atoms. The first-order valence-electron chi connectivity index (χ1n) is 3.44. The van der Waals surface area contributed by atoms with Gasteiger partial charge in [-0.25, -0.2) is 0 Å². The van der Waals surface area contributed by atoms with Crippen LogP contribution in [0.15, 0.2) is 35.3 Å². The van der Waals surface area contributed by atoms with E-state index in [1.165, 1.54) is 12.1 Å². The molecule has 0 radical (unpaired) electrons. The summed E-state index contributed by atoms with van der Waals surface area (Å²) < 4.78 is 37.0. The summed E-state index contributed by atoms with van der Waals surface area (Å²) >= 11 is 3.03. The lowest BCUT2D eigenvalue weighted by atomic mass is 10.1. The van der Waals surface area contributed by atoms with E-state index in [9.17, 15) is 13.2 Å². The highest BCUT2D eigenvalue weighted by atomic mass is 79.9. The van der Waals surface area contributed by atoms with Crippen LogP contribution in [0.1, 0.15) is 5.56 Å². The van der Waals surface area contributed by atoms with Gasteiger partial charge in [-0.3, -0.25) is 0 Å². The van der Waals surface area contributed by atoms with E-state index in [-0.39, 0.29) is 5.56 Å². The maximum atomic E-state index is 12.2. The lowest BCUT2D eigenvalue weighted by molar-refractivity contribution is -0.0687. The van der Waals surface area contributed by atoms with Crippen molar-refractivity contribution in [3.8, 4) is 0 Å². The number of alkyl halides is 3. The van der Waals surface area contributed by atoms with Crippen molar-refractivity contribution < 1.29 is 13.2 Å². The van der Waals surface area contributed by atoms with Gasteiger partial charge in [-0.15, -0.1) is 0 Å². The molecule has 0 atom stereocenters.